The lowest BCUT2D eigenvalue weighted by atomic mass is 10.3. The van der Waals surface area contributed by atoms with Gasteiger partial charge in [-0.3, -0.25) is 0 Å². The fraction of sp³-hybridized carbons (Fsp3) is 0.500. The molecule has 0 aromatic heterocycles. The van der Waals surface area contributed by atoms with Gasteiger partial charge in [0.15, 0.2) is 0 Å². The van der Waals surface area contributed by atoms with E-state index in [9.17, 15) is 8.42 Å². The highest BCUT2D eigenvalue weighted by molar-refractivity contribution is 7.92. The molecule has 2 rings (SSSR count). The maximum absolute atomic E-state index is 12.2. The van der Waals surface area contributed by atoms with Crippen LogP contribution in [0.2, 0.25) is 0 Å². The first-order valence-corrected chi connectivity index (χ1v) is 7.59. The van der Waals surface area contributed by atoms with Gasteiger partial charge in [0.1, 0.15) is 0 Å². The van der Waals surface area contributed by atoms with Gasteiger partial charge >= 0.3 is 0 Å². The van der Waals surface area contributed by atoms with E-state index in [4.69, 9.17) is 0 Å². The van der Waals surface area contributed by atoms with Crippen molar-refractivity contribution in [2.75, 3.05) is 23.3 Å². The Bertz CT molecular complexity index is 453. The molecule has 0 aliphatic carbocycles. The van der Waals surface area contributed by atoms with Gasteiger partial charge in [-0.15, -0.1) is 0 Å². The van der Waals surface area contributed by atoms with Crippen LogP contribution in [-0.2, 0) is 10.0 Å². The highest BCUT2D eigenvalue weighted by Gasteiger charge is 2.28. The van der Waals surface area contributed by atoms with Crippen molar-refractivity contribution in [2.24, 2.45) is 0 Å². The van der Waals surface area contributed by atoms with Gasteiger partial charge in [0.2, 0.25) is 10.0 Å². The van der Waals surface area contributed by atoms with E-state index in [2.05, 4.69) is 0 Å². The molecule has 94 valence electrons. The van der Waals surface area contributed by atoms with Crippen LogP contribution in [0, 0.1) is 0 Å². The molecule has 1 aliphatic heterocycles. The smallest absolute Gasteiger partial charge is 0.207 e. The summed E-state index contributed by atoms with van der Waals surface area (Å²) in [6.07, 6.45) is 2.12. The molecular formula is C12H18N2O2S. The summed E-state index contributed by atoms with van der Waals surface area (Å²) in [5.74, 6) is 0.123. The first-order chi connectivity index (χ1) is 8.15. The molecule has 5 heteroatoms. The third-order valence-corrected chi connectivity index (χ3v) is 4.64. The molecule has 1 aromatic rings. The van der Waals surface area contributed by atoms with E-state index < -0.39 is 10.0 Å². The molecule has 1 aromatic carbocycles. The lowest BCUT2D eigenvalue weighted by molar-refractivity contribution is 0.356. The highest BCUT2D eigenvalue weighted by Crippen LogP contribution is 2.23. The molecule has 0 spiro atoms. The number of sulfonamides is 1. The molecule has 1 saturated heterocycles. The molecule has 0 saturated carbocycles. The molecular weight excluding hydrogens is 236 g/mol. The summed E-state index contributed by atoms with van der Waals surface area (Å²) in [7, 11) is -3.24. The molecule has 1 fully saturated rings. The fourth-order valence-electron chi connectivity index (χ4n) is 2.06. The van der Waals surface area contributed by atoms with Crippen molar-refractivity contribution < 1.29 is 8.42 Å². The van der Waals surface area contributed by atoms with Gasteiger partial charge in [0.25, 0.3) is 0 Å². The summed E-state index contributed by atoms with van der Waals surface area (Å²) in [6.45, 7) is 3.31. The van der Waals surface area contributed by atoms with Gasteiger partial charge in [-0.05, 0) is 31.9 Å². The van der Waals surface area contributed by atoms with Gasteiger partial charge < -0.3 is 0 Å². The number of benzene rings is 1. The van der Waals surface area contributed by atoms with Gasteiger partial charge in [0.05, 0.1) is 11.4 Å². The van der Waals surface area contributed by atoms with Crippen LogP contribution in [0.25, 0.3) is 0 Å². The minimum Gasteiger partial charge on any atom is -0.207 e. The van der Waals surface area contributed by atoms with Gasteiger partial charge in [-0.25, -0.2) is 17.8 Å². The van der Waals surface area contributed by atoms with Crippen LogP contribution in [0.15, 0.2) is 30.3 Å². The fourth-order valence-corrected chi connectivity index (χ4v) is 3.26. The molecule has 1 aliphatic rings. The van der Waals surface area contributed by atoms with E-state index in [0.29, 0.717) is 0 Å². The third-order valence-electron chi connectivity index (χ3n) is 2.94. The van der Waals surface area contributed by atoms with Crippen molar-refractivity contribution in [3.05, 3.63) is 30.3 Å². The van der Waals surface area contributed by atoms with Crippen LogP contribution in [0.4, 0.5) is 5.69 Å². The summed E-state index contributed by atoms with van der Waals surface area (Å²) in [6, 6.07) is 9.30. The molecule has 0 radical (unpaired) electrons. The number of nitrogens with zero attached hydrogens (tertiary/aromatic N) is 2. The van der Waals surface area contributed by atoms with Crippen molar-refractivity contribution in [3.8, 4) is 0 Å². The number of anilines is 1. The summed E-state index contributed by atoms with van der Waals surface area (Å²) in [5, 5.41) is 1.92. The van der Waals surface area contributed by atoms with Crippen molar-refractivity contribution in [3.63, 3.8) is 0 Å². The largest absolute Gasteiger partial charge is 0.248 e. The predicted molar refractivity (Wildman–Crippen MR) is 69.2 cm³/mol. The number of hydrazine groups is 1. The summed E-state index contributed by atoms with van der Waals surface area (Å²) >= 11 is 0. The van der Waals surface area contributed by atoms with Crippen LogP contribution in [0.5, 0.6) is 0 Å². The second-order valence-electron chi connectivity index (χ2n) is 4.14. The summed E-state index contributed by atoms with van der Waals surface area (Å²) in [4.78, 5) is 0. The maximum atomic E-state index is 12.2. The molecule has 0 bridgehead atoms. The zero-order valence-electron chi connectivity index (χ0n) is 10.0. The Morgan fingerprint density at radius 1 is 1.18 bits per heavy atom. The van der Waals surface area contributed by atoms with E-state index in [1.807, 2.05) is 35.3 Å². The highest BCUT2D eigenvalue weighted by atomic mass is 32.2. The van der Waals surface area contributed by atoms with E-state index in [-0.39, 0.29) is 5.75 Å². The molecule has 0 amide bonds. The van der Waals surface area contributed by atoms with Crippen LogP contribution in [-0.4, -0.2) is 32.3 Å². The molecule has 0 N–H and O–H groups in total. The monoisotopic (exact) mass is 254 g/mol. The van der Waals surface area contributed by atoms with Crippen LogP contribution in [0.1, 0.15) is 19.8 Å². The average molecular weight is 254 g/mol. The van der Waals surface area contributed by atoms with E-state index in [1.165, 1.54) is 4.41 Å². The Labute approximate surface area is 103 Å². The Kier molecular flexibility index (Phi) is 3.69. The number of para-hydroxylation sites is 1. The van der Waals surface area contributed by atoms with Crippen molar-refractivity contribution >= 4 is 15.7 Å². The van der Waals surface area contributed by atoms with Crippen LogP contribution >= 0.6 is 0 Å². The Balaban J connectivity index is 2.37. The quantitative estimate of drug-likeness (QED) is 0.823. The first kappa shape index (κ1) is 12.4. The predicted octanol–water partition coefficient (Wildman–Crippen LogP) is 1.85. The molecule has 0 atom stereocenters. The Morgan fingerprint density at radius 3 is 2.29 bits per heavy atom. The zero-order valence-corrected chi connectivity index (χ0v) is 10.9. The van der Waals surface area contributed by atoms with Gasteiger partial charge in [-0.2, -0.15) is 0 Å². The van der Waals surface area contributed by atoms with Crippen LogP contribution in [0.3, 0.4) is 0 Å². The van der Waals surface area contributed by atoms with E-state index >= 15 is 0 Å². The van der Waals surface area contributed by atoms with Crippen molar-refractivity contribution in [2.45, 2.75) is 19.8 Å². The molecule has 4 nitrogen and oxygen atoms in total. The maximum Gasteiger partial charge on any atom is 0.248 e. The molecule has 0 unspecified atom stereocenters. The topological polar surface area (TPSA) is 40.6 Å². The summed E-state index contributed by atoms with van der Waals surface area (Å²) in [5.41, 5.74) is 0.733. The SMILES string of the molecule is CCS(=O)(=O)N(c1ccccc1)N1CCCC1. The second kappa shape index (κ2) is 5.06. The number of hydrogen-bond acceptors (Lipinski definition) is 3. The lowest BCUT2D eigenvalue weighted by Gasteiger charge is -2.32. The Morgan fingerprint density at radius 2 is 1.76 bits per heavy atom. The van der Waals surface area contributed by atoms with E-state index in [0.717, 1.165) is 31.6 Å². The lowest BCUT2D eigenvalue weighted by Crippen LogP contribution is -2.45. The minimum absolute atomic E-state index is 0.123. The standard InChI is InChI=1S/C12H18N2O2S/c1-2-17(15,16)14(13-10-6-7-11-13)12-8-4-3-5-9-12/h3-5,8-9H,2,6-7,10-11H2,1H3. The van der Waals surface area contributed by atoms with Gasteiger partial charge in [0, 0.05) is 13.1 Å². The normalized spacial score (nSPS) is 17.2. The molecule has 17 heavy (non-hydrogen) atoms. The summed E-state index contributed by atoms with van der Waals surface area (Å²) < 4.78 is 25.8. The van der Waals surface area contributed by atoms with Crippen molar-refractivity contribution in [1.82, 2.24) is 5.01 Å². The Hall–Kier alpha value is -1.07. The first-order valence-electron chi connectivity index (χ1n) is 5.98. The zero-order chi connectivity index (χ0) is 12.3. The third kappa shape index (κ3) is 2.61. The number of rotatable bonds is 4. The van der Waals surface area contributed by atoms with Crippen LogP contribution < -0.4 is 4.41 Å². The average Bonchev–Trinajstić information content (AvgIpc) is 2.84. The minimum atomic E-state index is -3.24. The van der Waals surface area contributed by atoms with E-state index in [1.54, 1.807) is 6.92 Å². The number of hydrogen-bond donors (Lipinski definition) is 0. The molecule has 1 heterocycles. The second-order valence-corrected chi connectivity index (χ2v) is 6.23. The van der Waals surface area contributed by atoms with Crippen molar-refractivity contribution in [1.29, 1.82) is 0 Å². The van der Waals surface area contributed by atoms with Gasteiger partial charge in [-0.1, -0.05) is 18.2 Å².